The van der Waals surface area contributed by atoms with E-state index in [0.717, 1.165) is 0 Å². The van der Waals surface area contributed by atoms with Crippen molar-refractivity contribution in [1.82, 2.24) is 11.2 Å². The summed E-state index contributed by atoms with van der Waals surface area (Å²) in [7, 11) is 0. The van der Waals surface area contributed by atoms with Crippen molar-refractivity contribution in [3.63, 3.8) is 0 Å². The summed E-state index contributed by atoms with van der Waals surface area (Å²) < 4.78 is 0. The highest BCUT2D eigenvalue weighted by atomic mass is 16.7. The normalized spacial score (nSPS) is 9.17. The van der Waals surface area contributed by atoms with Crippen molar-refractivity contribution in [2.45, 2.75) is 12.8 Å². The van der Waals surface area contributed by atoms with Crippen LogP contribution in [-0.2, 0) is 19.3 Å². The molecule has 0 radical (unpaired) electrons. The largest absolute Gasteiger partial charge is 0.356 e. The molecule has 0 aliphatic heterocycles. The lowest BCUT2D eigenvalue weighted by molar-refractivity contribution is -0.158. The second-order valence-electron chi connectivity index (χ2n) is 1.68. The molecule has 0 spiro atoms. The Kier molecular flexibility index (Phi) is 5.83. The second kappa shape index (κ2) is 6.49. The molecule has 6 N–H and O–H groups in total. The van der Waals surface area contributed by atoms with Gasteiger partial charge in [0.2, 0.25) is 0 Å². The lowest BCUT2D eigenvalue weighted by Gasteiger charge is -2.00. The number of hydrogen-bond donors (Lipinski definition) is 4. The van der Waals surface area contributed by atoms with Gasteiger partial charge in [0.15, 0.2) is 0 Å². The van der Waals surface area contributed by atoms with Gasteiger partial charge in [-0.05, 0) is 0 Å². The van der Waals surface area contributed by atoms with Crippen LogP contribution in [0.1, 0.15) is 12.8 Å². The highest BCUT2D eigenvalue weighted by molar-refractivity contribution is 5.77. The summed E-state index contributed by atoms with van der Waals surface area (Å²) in [5, 5.41) is 0. The molecule has 0 aromatic carbocycles. The number of rotatable bonds is 5. The van der Waals surface area contributed by atoms with Crippen LogP contribution in [0.2, 0.25) is 0 Å². The quantitative estimate of drug-likeness (QED) is 0.271. The number of carbonyl (C=O) groups excluding carboxylic acids is 2. The van der Waals surface area contributed by atoms with Crippen LogP contribution >= 0.6 is 0 Å². The molecule has 0 rings (SSSR count). The number of hydrogen-bond acceptors (Lipinski definition) is 8. The fourth-order valence-electron chi connectivity index (χ4n) is 0.438. The third-order valence-corrected chi connectivity index (χ3v) is 0.879. The molecule has 0 atom stereocenters. The van der Waals surface area contributed by atoms with Crippen molar-refractivity contribution in [2.24, 2.45) is 11.7 Å². The first-order valence-corrected chi connectivity index (χ1v) is 3.01. The summed E-state index contributed by atoms with van der Waals surface area (Å²) in [6.07, 6.45) is -0.268. The van der Waals surface area contributed by atoms with E-state index in [1.807, 2.05) is 0 Å². The van der Waals surface area contributed by atoms with Gasteiger partial charge in [0, 0.05) is 0 Å². The Hall–Kier alpha value is -1.22. The maximum atomic E-state index is 10.5. The first-order chi connectivity index (χ1) is 5.70. The highest BCUT2D eigenvalue weighted by Gasteiger charge is 2.08. The van der Waals surface area contributed by atoms with Crippen molar-refractivity contribution < 1.29 is 19.3 Å². The molecular formula is C4H10N4O4. The number of hydrazine groups is 2. The van der Waals surface area contributed by atoms with E-state index in [4.69, 9.17) is 0 Å². The van der Waals surface area contributed by atoms with Gasteiger partial charge in [-0.25, -0.2) is 11.7 Å². The maximum Gasteiger partial charge on any atom is 0.327 e. The Morgan fingerprint density at radius 1 is 1.00 bits per heavy atom. The van der Waals surface area contributed by atoms with Crippen molar-refractivity contribution in [3.05, 3.63) is 0 Å². The van der Waals surface area contributed by atoms with Gasteiger partial charge < -0.3 is 9.68 Å². The topological polar surface area (TPSA) is 129 Å². The van der Waals surface area contributed by atoms with Gasteiger partial charge in [-0.2, -0.15) is 0 Å². The first-order valence-electron chi connectivity index (χ1n) is 3.01. The van der Waals surface area contributed by atoms with E-state index in [0.29, 0.717) is 0 Å². The fraction of sp³-hybridized carbons (Fsp3) is 0.500. The summed E-state index contributed by atoms with van der Waals surface area (Å²) >= 11 is 0. The van der Waals surface area contributed by atoms with Gasteiger partial charge in [-0.3, -0.25) is 9.59 Å². The third kappa shape index (κ3) is 5.56. The molecule has 70 valence electrons. The zero-order valence-corrected chi connectivity index (χ0v) is 6.20. The van der Waals surface area contributed by atoms with Crippen LogP contribution in [0, 0.1) is 0 Å². The molecule has 0 unspecified atom stereocenters. The molecule has 12 heavy (non-hydrogen) atoms. The Labute approximate surface area is 68.0 Å². The number of nitrogens with two attached hydrogens (primary N) is 2. The summed E-state index contributed by atoms with van der Waals surface area (Å²) in [5.74, 6) is 7.98. The van der Waals surface area contributed by atoms with Crippen LogP contribution in [0.15, 0.2) is 0 Å². The van der Waals surface area contributed by atoms with Crippen LogP contribution < -0.4 is 22.9 Å². The SMILES string of the molecule is NNOC(=O)CCC(=O)ONN. The monoisotopic (exact) mass is 178 g/mol. The molecule has 0 aliphatic rings. The van der Waals surface area contributed by atoms with Gasteiger partial charge >= 0.3 is 11.9 Å². The summed E-state index contributed by atoms with van der Waals surface area (Å²) in [6, 6.07) is 0. The molecule has 0 heterocycles. The van der Waals surface area contributed by atoms with Crippen LogP contribution in [-0.4, -0.2) is 11.9 Å². The Bertz CT molecular complexity index is 143. The Morgan fingerprint density at radius 2 is 1.33 bits per heavy atom. The number of carbonyl (C=O) groups is 2. The predicted octanol–water partition coefficient (Wildman–Crippen LogP) is -2.39. The smallest absolute Gasteiger partial charge is 0.327 e. The number of nitrogens with one attached hydrogen (secondary N) is 2. The maximum absolute atomic E-state index is 10.5. The Morgan fingerprint density at radius 3 is 1.58 bits per heavy atom. The van der Waals surface area contributed by atoms with Crippen LogP contribution in [0.3, 0.4) is 0 Å². The zero-order valence-electron chi connectivity index (χ0n) is 6.20. The molecule has 8 heteroatoms. The summed E-state index contributed by atoms with van der Waals surface area (Å²) in [5.41, 5.74) is 3.36. The van der Waals surface area contributed by atoms with Gasteiger partial charge in [-0.15, -0.1) is 0 Å². The average Bonchev–Trinajstić information content (AvgIpc) is 2.02. The lowest BCUT2D eigenvalue weighted by Crippen LogP contribution is -2.28. The molecule has 0 aromatic rings. The van der Waals surface area contributed by atoms with Gasteiger partial charge in [-0.1, -0.05) is 11.2 Å². The minimum absolute atomic E-state index is 0.134. The van der Waals surface area contributed by atoms with Gasteiger partial charge in [0.1, 0.15) is 0 Å². The molecule has 0 saturated heterocycles. The van der Waals surface area contributed by atoms with Crippen LogP contribution in [0.25, 0.3) is 0 Å². The van der Waals surface area contributed by atoms with E-state index in [9.17, 15) is 9.59 Å². The van der Waals surface area contributed by atoms with Gasteiger partial charge in [0.05, 0.1) is 12.8 Å². The summed E-state index contributed by atoms with van der Waals surface area (Å²) in [6.45, 7) is 0. The van der Waals surface area contributed by atoms with E-state index in [2.05, 4.69) is 21.4 Å². The van der Waals surface area contributed by atoms with Crippen LogP contribution in [0.5, 0.6) is 0 Å². The molecule has 0 fully saturated rings. The van der Waals surface area contributed by atoms with Crippen molar-refractivity contribution in [1.29, 1.82) is 0 Å². The first kappa shape index (κ1) is 10.8. The minimum atomic E-state index is -0.661. The van der Waals surface area contributed by atoms with Crippen LogP contribution in [0.4, 0.5) is 0 Å². The summed E-state index contributed by atoms with van der Waals surface area (Å²) in [4.78, 5) is 29.3. The second-order valence-corrected chi connectivity index (χ2v) is 1.68. The third-order valence-electron chi connectivity index (χ3n) is 0.879. The predicted molar refractivity (Wildman–Crippen MR) is 36.1 cm³/mol. The van der Waals surface area contributed by atoms with E-state index in [-0.39, 0.29) is 12.8 Å². The van der Waals surface area contributed by atoms with Gasteiger partial charge in [0.25, 0.3) is 0 Å². The molecule has 0 amide bonds. The Balaban J connectivity index is 3.40. The molecule has 8 nitrogen and oxygen atoms in total. The standard InChI is InChI=1S/C4H10N4O4/c5-7-11-3(9)1-2-4(10)12-8-6/h7-8H,1-2,5-6H2. The zero-order chi connectivity index (χ0) is 9.40. The van der Waals surface area contributed by atoms with Crippen molar-refractivity contribution >= 4 is 11.9 Å². The highest BCUT2D eigenvalue weighted by Crippen LogP contribution is 1.92. The molecule has 0 aromatic heterocycles. The van der Waals surface area contributed by atoms with Crippen molar-refractivity contribution in [2.75, 3.05) is 0 Å². The molecule has 0 bridgehead atoms. The molecule has 0 aliphatic carbocycles. The van der Waals surface area contributed by atoms with E-state index < -0.39 is 11.9 Å². The van der Waals surface area contributed by atoms with E-state index >= 15 is 0 Å². The fourth-order valence-corrected chi connectivity index (χ4v) is 0.438. The lowest BCUT2D eigenvalue weighted by atomic mass is 10.3. The molecular weight excluding hydrogens is 168 g/mol. The van der Waals surface area contributed by atoms with Crippen molar-refractivity contribution in [3.8, 4) is 0 Å². The average molecular weight is 178 g/mol. The molecule has 0 saturated carbocycles. The minimum Gasteiger partial charge on any atom is -0.356 e. The van der Waals surface area contributed by atoms with E-state index in [1.54, 1.807) is 11.2 Å². The van der Waals surface area contributed by atoms with E-state index in [1.165, 1.54) is 0 Å².